The molecule has 0 aliphatic heterocycles. The first kappa shape index (κ1) is 10.1. The topological polar surface area (TPSA) is 26.0 Å². The molecule has 0 saturated heterocycles. The maximum absolute atomic E-state index is 6.15. The van der Waals surface area contributed by atoms with Crippen LogP contribution in [0.3, 0.4) is 0 Å². The predicted molar refractivity (Wildman–Crippen MR) is 41.4 cm³/mol. The molecule has 0 aliphatic rings. The van der Waals surface area contributed by atoms with Crippen LogP contribution in [-0.2, 0) is 18.8 Å². The molecule has 3 heteroatoms. The molecule has 2 N–H and O–H groups in total. The Morgan fingerprint density at radius 3 is 1.33 bits per heavy atom. The van der Waals surface area contributed by atoms with E-state index in [4.69, 9.17) is 5.50 Å². The van der Waals surface area contributed by atoms with Crippen LogP contribution in [0.5, 0.6) is 0 Å². The van der Waals surface area contributed by atoms with Crippen molar-refractivity contribution in [1.82, 2.24) is 0 Å². The predicted octanol–water partition coefficient (Wildman–Crippen LogP) is 2.16. The Morgan fingerprint density at radius 1 is 1.11 bits per heavy atom. The first-order valence-electron chi connectivity index (χ1n) is 3.27. The summed E-state index contributed by atoms with van der Waals surface area (Å²) in [4.78, 5) is 0. The summed E-state index contributed by atoms with van der Waals surface area (Å²) in [7, 11) is 0. The summed E-state index contributed by atoms with van der Waals surface area (Å²) in [6.45, 7) is 8.95. The minimum absolute atomic E-state index is 0.715. The van der Waals surface area contributed by atoms with Gasteiger partial charge in [-0.2, -0.15) is 0 Å². The van der Waals surface area contributed by atoms with Crippen LogP contribution in [-0.4, -0.2) is 11.3 Å². The van der Waals surface area contributed by atoms with E-state index in [-0.39, 0.29) is 0 Å². The monoisotopic (exact) mass is 317 g/mol. The van der Waals surface area contributed by atoms with Crippen LogP contribution < -0.4 is 5.50 Å². The van der Waals surface area contributed by atoms with Crippen molar-refractivity contribution in [3.05, 3.63) is 0 Å². The second kappa shape index (κ2) is 3.46. The SMILES string of the molecule is CC(C)[P](N)(=[W])C(C)C. The Morgan fingerprint density at radius 2 is 1.33 bits per heavy atom. The molecule has 0 spiro atoms. The van der Waals surface area contributed by atoms with E-state index in [1.807, 2.05) is 0 Å². The van der Waals surface area contributed by atoms with Crippen LogP contribution in [0.25, 0.3) is 0 Å². The number of nitrogens with two attached hydrogens (primary N) is 1. The summed E-state index contributed by atoms with van der Waals surface area (Å²) in [6.07, 6.45) is 0. The summed E-state index contributed by atoms with van der Waals surface area (Å²) in [5, 5.41) is -1.00. The molecule has 0 amide bonds. The zero-order valence-electron chi connectivity index (χ0n) is 6.59. The molecule has 0 atom stereocenters. The molecule has 0 aliphatic carbocycles. The van der Waals surface area contributed by atoms with Crippen molar-refractivity contribution in [2.24, 2.45) is 5.50 Å². The molecule has 1 nitrogen and oxygen atoms in total. The van der Waals surface area contributed by atoms with Crippen LogP contribution in [0.4, 0.5) is 0 Å². The van der Waals surface area contributed by atoms with Gasteiger partial charge >= 0.3 is 68.4 Å². The van der Waals surface area contributed by atoms with E-state index in [0.717, 1.165) is 0 Å². The van der Waals surface area contributed by atoms with E-state index < -0.39 is 5.05 Å². The average molecular weight is 317 g/mol. The van der Waals surface area contributed by atoms with Gasteiger partial charge in [-0.3, -0.25) is 0 Å². The molecule has 0 heterocycles. The van der Waals surface area contributed by atoms with Gasteiger partial charge in [-0.15, -0.1) is 0 Å². The Balaban J connectivity index is 4.21. The second-order valence-electron chi connectivity index (χ2n) is 2.95. The maximum atomic E-state index is 6.15. The molecule has 0 aromatic carbocycles. The summed E-state index contributed by atoms with van der Waals surface area (Å²) >= 11 is 1.61. The molecular weight excluding hydrogens is 301 g/mol. The molecule has 0 radical (unpaired) electrons. The van der Waals surface area contributed by atoms with Gasteiger partial charge in [-0.05, 0) is 0 Å². The summed E-state index contributed by atoms with van der Waals surface area (Å²) in [5.41, 5.74) is 7.58. The van der Waals surface area contributed by atoms with E-state index in [0.29, 0.717) is 11.3 Å². The molecule has 9 heavy (non-hydrogen) atoms. The third kappa shape index (κ3) is 2.66. The van der Waals surface area contributed by atoms with Crippen molar-refractivity contribution in [2.75, 3.05) is 0 Å². The van der Waals surface area contributed by atoms with Crippen LogP contribution in [0.2, 0.25) is 0 Å². The van der Waals surface area contributed by atoms with Crippen molar-refractivity contribution in [3.8, 4) is 0 Å². The van der Waals surface area contributed by atoms with Gasteiger partial charge in [0.2, 0.25) is 0 Å². The molecule has 0 rings (SSSR count). The van der Waals surface area contributed by atoms with E-state index in [1.54, 1.807) is 18.8 Å². The quantitative estimate of drug-likeness (QED) is 0.776. The fraction of sp³-hybridized carbons (Fsp3) is 1.00. The standard InChI is InChI=1S/C6H16NP.W/c1-5(2)8(7)6(3)4;/h5-6H,7H2,1-4H3;. The molecule has 0 aromatic heterocycles. The van der Waals surface area contributed by atoms with E-state index in [2.05, 4.69) is 27.7 Å². The van der Waals surface area contributed by atoms with Crippen LogP contribution in [0, 0.1) is 0 Å². The molecule has 0 bridgehead atoms. The van der Waals surface area contributed by atoms with E-state index >= 15 is 0 Å². The van der Waals surface area contributed by atoms with Crippen molar-refractivity contribution in [2.45, 2.75) is 39.0 Å². The molecule has 56 valence electrons. The Labute approximate surface area is 68.6 Å². The van der Waals surface area contributed by atoms with Crippen molar-refractivity contribution in [1.29, 1.82) is 0 Å². The van der Waals surface area contributed by atoms with Crippen molar-refractivity contribution in [3.63, 3.8) is 0 Å². The number of rotatable bonds is 2. The normalized spacial score (nSPS) is 13.2. The average Bonchev–Trinajstić information content (AvgIpc) is 1.65. The molecule has 0 aromatic rings. The van der Waals surface area contributed by atoms with Gasteiger partial charge in [-0.1, -0.05) is 0 Å². The third-order valence-corrected chi connectivity index (χ3v) is 13.9. The van der Waals surface area contributed by atoms with Gasteiger partial charge in [0.05, 0.1) is 0 Å². The molecule has 0 saturated carbocycles. The van der Waals surface area contributed by atoms with Crippen LogP contribution >= 0.6 is 5.05 Å². The van der Waals surface area contributed by atoms with Crippen LogP contribution in [0.15, 0.2) is 0 Å². The van der Waals surface area contributed by atoms with Crippen molar-refractivity contribution < 1.29 is 18.8 Å². The first-order valence-corrected chi connectivity index (χ1v) is 9.12. The zero-order valence-corrected chi connectivity index (χ0v) is 10.4. The van der Waals surface area contributed by atoms with Gasteiger partial charge in [0, 0.05) is 0 Å². The van der Waals surface area contributed by atoms with Crippen LogP contribution in [0.1, 0.15) is 27.7 Å². The minimum atomic E-state index is -1.00. The van der Waals surface area contributed by atoms with Gasteiger partial charge in [-0.25, -0.2) is 0 Å². The van der Waals surface area contributed by atoms with Gasteiger partial charge in [0.25, 0.3) is 0 Å². The Kier molecular flexibility index (Phi) is 3.88. The number of hydrogen-bond acceptors (Lipinski definition) is 1. The van der Waals surface area contributed by atoms with E-state index in [9.17, 15) is 0 Å². The molecule has 0 fully saturated rings. The first-order chi connectivity index (χ1) is 3.89. The Bertz CT molecular complexity index is 119. The molecule has 0 unspecified atom stereocenters. The fourth-order valence-electron chi connectivity index (χ4n) is 0.596. The summed E-state index contributed by atoms with van der Waals surface area (Å²) < 4.78 is 0. The second-order valence-corrected chi connectivity index (χ2v) is 13.4. The third-order valence-electron chi connectivity index (χ3n) is 1.61. The Hall–Kier alpha value is 1.08. The van der Waals surface area contributed by atoms with Gasteiger partial charge < -0.3 is 0 Å². The molecular formula is C6H16NPW. The summed E-state index contributed by atoms with van der Waals surface area (Å²) in [5.74, 6) is 0. The van der Waals surface area contributed by atoms with Gasteiger partial charge in [0.15, 0.2) is 0 Å². The van der Waals surface area contributed by atoms with E-state index in [1.165, 1.54) is 0 Å². The fourth-order valence-corrected chi connectivity index (χ4v) is 1.79. The zero-order chi connectivity index (χ0) is 7.65. The number of hydrogen-bond donors (Lipinski definition) is 1. The summed E-state index contributed by atoms with van der Waals surface area (Å²) in [6, 6.07) is 0. The van der Waals surface area contributed by atoms with Gasteiger partial charge in [0.1, 0.15) is 0 Å². The van der Waals surface area contributed by atoms with Crippen molar-refractivity contribution >= 4 is 5.05 Å².